The lowest BCUT2D eigenvalue weighted by molar-refractivity contribution is 0.112. The molecule has 1 saturated heterocycles. The molecule has 0 aromatic carbocycles. The third kappa shape index (κ3) is 1.37. The molecule has 0 aromatic heterocycles. The van der Waals surface area contributed by atoms with Crippen molar-refractivity contribution in [2.24, 2.45) is 16.9 Å². The smallest absolute Gasteiger partial charge is 0.0105 e. The lowest BCUT2D eigenvalue weighted by Gasteiger charge is -2.43. The van der Waals surface area contributed by atoms with Crippen LogP contribution >= 0.6 is 0 Å². The molecule has 2 aliphatic rings. The molecule has 2 rings (SSSR count). The van der Waals surface area contributed by atoms with Gasteiger partial charge in [0.05, 0.1) is 0 Å². The number of hydrogen-bond donors (Lipinski definition) is 2. The number of rotatable bonds is 2. The van der Waals surface area contributed by atoms with E-state index in [9.17, 15) is 0 Å². The molecule has 0 radical (unpaired) electrons. The zero-order chi connectivity index (χ0) is 8.60. The fourth-order valence-electron chi connectivity index (χ4n) is 2.79. The summed E-state index contributed by atoms with van der Waals surface area (Å²) in [7, 11) is 0. The Balaban J connectivity index is 1.82. The van der Waals surface area contributed by atoms with Crippen molar-refractivity contribution in [2.45, 2.75) is 25.3 Å². The van der Waals surface area contributed by atoms with E-state index in [0.29, 0.717) is 11.5 Å². The molecule has 70 valence electrons. The van der Waals surface area contributed by atoms with Crippen molar-refractivity contribution < 1.29 is 0 Å². The Morgan fingerprint density at radius 3 is 2.75 bits per heavy atom. The van der Waals surface area contributed by atoms with E-state index in [2.05, 4.69) is 4.90 Å². The summed E-state index contributed by atoms with van der Waals surface area (Å²) in [6.07, 6.45) is 3.84. The Bertz CT molecular complexity index is 163. The molecular formula is C9H19N3. The second-order valence-electron chi connectivity index (χ2n) is 4.48. The summed E-state index contributed by atoms with van der Waals surface area (Å²) in [6.45, 7) is 4.35. The molecule has 0 amide bonds. The van der Waals surface area contributed by atoms with E-state index in [4.69, 9.17) is 11.5 Å². The molecule has 1 aliphatic heterocycles. The number of hydrogen-bond acceptors (Lipinski definition) is 3. The highest BCUT2D eigenvalue weighted by atomic mass is 15.2. The Morgan fingerprint density at radius 2 is 2.17 bits per heavy atom. The third-order valence-corrected chi connectivity index (χ3v) is 3.35. The summed E-state index contributed by atoms with van der Waals surface area (Å²) in [5, 5.41) is 0. The average molecular weight is 169 g/mol. The molecule has 1 aliphatic carbocycles. The summed E-state index contributed by atoms with van der Waals surface area (Å²) in [4.78, 5) is 2.48. The maximum absolute atomic E-state index is 5.81. The van der Waals surface area contributed by atoms with E-state index in [1.54, 1.807) is 0 Å². The molecule has 4 N–H and O–H groups in total. The first-order valence-corrected chi connectivity index (χ1v) is 4.92. The van der Waals surface area contributed by atoms with Gasteiger partial charge in [-0.3, -0.25) is 0 Å². The summed E-state index contributed by atoms with van der Waals surface area (Å²) in [5.41, 5.74) is 11.9. The van der Waals surface area contributed by atoms with Gasteiger partial charge in [0, 0.05) is 25.7 Å². The van der Waals surface area contributed by atoms with Gasteiger partial charge in [-0.05, 0) is 31.2 Å². The Labute approximate surface area is 74.1 Å². The predicted octanol–water partition coefficient (Wildman–Crippen LogP) is -0.242. The molecule has 1 heterocycles. The van der Waals surface area contributed by atoms with Crippen molar-refractivity contribution in [3.05, 3.63) is 0 Å². The van der Waals surface area contributed by atoms with E-state index in [1.165, 1.54) is 32.4 Å². The molecule has 2 fully saturated rings. The topological polar surface area (TPSA) is 55.3 Å². The highest BCUT2D eigenvalue weighted by Crippen LogP contribution is 2.47. The maximum Gasteiger partial charge on any atom is 0.0105 e. The molecule has 0 aromatic rings. The molecule has 3 nitrogen and oxygen atoms in total. The van der Waals surface area contributed by atoms with Crippen LogP contribution in [0, 0.1) is 5.41 Å². The predicted molar refractivity (Wildman–Crippen MR) is 49.8 cm³/mol. The van der Waals surface area contributed by atoms with Crippen LogP contribution in [-0.2, 0) is 0 Å². The first-order chi connectivity index (χ1) is 5.74. The molecule has 0 bridgehead atoms. The van der Waals surface area contributed by atoms with Gasteiger partial charge in [0.1, 0.15) is 0 Å². The van der Waals surface area contributed by atoms with E-state index in [-0.39, 0.29) is 0 Å². The SMILES string of the molecule is NCCN1CCC2(CC(N)C2)C1. The van der Waals surface area contributed by atoms with Crippen molar-refractivity contribution in [1.82, 2.24) is 4.90 Å². The van der Waals surface area contributed by atoms with Crippen molar-refractivity contribution in [3.63, 3.8) is 0 Å². The molecule has 1 saturated carbocycles. The van der Waals surface area contributed by atoms with Crippen LogP contribution in [-0.4, -0.2) is 37.1 Å². The minimum absolute atomic E-state index is 0.489. The Kier molecular flexibility index (Phi) is 2.10. The molecule has 12 heavy (non-hydrogen) atoms. The monoisotopic (exact) mass is 169 g/mol. The van der Waals surface area contributed by atoms with Crippen LogP contribution in [0.3, 0.4) is 0 Å². The van der Waals surface area contributed by atoms with Crippen LogP contribution in [0.1, 0.15) is 19.3 Å². The van der Waals surface area contributed by atoms with E-state index >= 15 is 0 Å². The molecule has 0 atom stereocenters. The Hall–Kier alpha value is -0.120. The van der Waals surface area contributed by atoms with Gasteiger partial charge >= 0.3 is 0 Å². The summed E-state index contributed by atoms with van der Waals surface area (Å²) < 4.78 is 0. The standard InChI is InChI=1S/C9H19N3/c10-2-4-12-3-1-9(7-12)5-8(11)6-9/h8H,1-7,10-11H2. The zero-order valence-electron chi connectivity index (χ0n) is 7.63. The first-order valence-electron chi connectivity index (χ1n) is 4.92. The van der Waals surface area contributed by atoms with Crippen molar-refractivity contribution in [3.8, 4) is 0 Å². The van der Waals surface area contributed by atoms with Gasteiger partial charge in [0.15, 0.2) is 0 Å². The second kappa shape index (κ2) is 2.98. The van der Waals surface area contributed by atoms with Gasteiger partial charge in [-0.2, -0.15) is 0 Å². The highest BCUT2D eigenvalue weighted by molar-refractivity contribution is 5.01. The number of likely N-dealkylation sites (tertiary alicyclic amines) is 1. The van der Waals surface area contributed by atoms with Crippen LogP contribution in [0.2, 0.25) is 0 Å². The summed E-state index contributed by atoms with van der Waals surface area (Å²) in [5.74, 6) is 0. The molecular weight excluding hydrogens is 150 g/mol. The van der Waals surface area contributed by atoms with E-state index in [1.807, 2.05) is 0 Å². The fraction of sp³-hybridized carbons (Fsp3) is 1.00. The average Bonchev–Trinajstić information content (AvgIpc) is 2.33. The number of nitrogens with zero attached hydrogens (tertiary/aromatic N) is 1. The minimum Gasteiger partial charge on any atom is -0.329 e. The minimum atomic E-state index is 0.489. The Morgan fingerprint density at radius 1 is 1.42 bits per heavy atom. The van der Waals surface area contributed by atoms with Crippen molar-refractivity contribution in [2.75, 3.05) is 26.2 Å². The van der Waals surface area contributed by atoms with Crippen LogP contribution in [0.5, 0.6) is 0 Å². The highest BCUT2D eigenvalue weighted by Gasteiger charge is 2.46. The van der Waals surface area contributed by atoms with Crippen molar-refractivity contribution >= 4 is 0 Å². The van der Waals surface area contributed by atoms with Crippen LogP contribution in [0.4, 0.5) is 0 Å². The van der Waals surface area contributed by atoms with Gasteiger partial charge in [-0.1, -0.05) is 0 Å². The normalized spacial score (nSPS) is 42.0. The lowest BCUT2D eigenvalue weighted by atomic mass is 9.65. The van der Waals surface area contributed by atoms with Crippen LogP contribution in [0.25, 0.3) is 0 Å². The largest absolute Gasteiger partial charge is 0.329 e. The first kappa shape index (κ1) is 8.48. The van der Waals surface area contributed by atoms with Gasteiger partial charge < -0.3 is 16.4 Å². The maximum atomic E-state index is 5.81. The van der Waals surface area contributed by atoms with Gasteiger partial charge in [-0.15, -0.1) is 0 Å². The number of nitrogens with two attached hydrogens (primary N) is 2. The molecule has 1 spiro atoms. The van der Waals surface area contributed by atoms with Gasteiger partial charge in [-0.25, -0.2) is 0 Å². The van der Waals surface area contributed by atoms with Gasteiger partial charge in [0.25, 0.3) is 0 Å². The van der Waals surface area contributed by atoms with E-state index < -0.39 is 0 Å². The molecule has 3 heteroatoms. The third-order valence-electron chi connectivity index (χ3n) is 3.35. The fourth-order valence-corrected chi connectivity index (χ4v) is 2.79. The second-order valence-corrected chi connectivity index (χ2v) is 4.48. The quantitative estimate of drug-likeness (QED) is 0.600. The lowest BCUT2D eigenvalue weighted by Crippen LogP contribution is -2.47. The van der Waals surface area contributed by atoms with Crippen molar-refractivity contribution in [1.29, 1.82) is 0 Å². The van der Waals surface area contributed by atoms with Crippen LogP contribution < -0.4 is 11.5 Å². The molecule has 0 unspecified atom stereocenters. The summed E-state index contributed by atoms with van der Waals surface area (Å²) in [6, 6.07) is 0.489. The van der Waals surface area contributed by atoms with E-state index in [0.717, 1.165) is 13.1 Å². The van der Waals surface area contributed by atoms with Crippen LogP contribution in [0.15, 0.2) is 0 Å². The zero-order valence-corrected chi connectivity index (χ0v) is 7.63. The van der Waals surface area contributed by atoms with Gasteiger partial charge in [0.2, 0.25) is 0 Å². The summed E-state index contributed by atoms with van der Waals surface area (Å²) >= 11 is 0.